The number of rotatable bonds is 10. The van der Waals surface area contributed by atoms with E-state index in [1.165, 1.54) is 19.1 Å². The molecule has 34 heavy (non-hydrogen) atoms. The third-order valence-corrected chi connectivity index (χ3v) is 5.58. The minimum absolute atomic E-state index is 0.149. The van der Waals surface area contributed by atoms with Gasteiger partial charge in [-0.15, -0.1) is 0 Å². The van der Waals surface area contributed by atoms with Gasteiger partial charge >= 0.3 is 0 Å². The summed E-state index contributed by atoms with van der Waals surface area (Å²) in [6.07, 6.45) is 0.821. The first-order valence-corrected chi connectivity index (χ1v) is 11.2. The van der Waals surface area contributed by atoms with Gasteiger partial charge < -0.3 is 14.4 Å². The number of nitrogens with zero attached hydrogens (tertiary/aromatic N) is 3. The molecule has 1 aromatic heterocycles. The summed E-state index contributed by atoms with van der Waals surface area (Å²) in [5, 5.41) is 0. The van der Waals surface area contributed by atoms with Crippen molar-refractivity contribution >= 4 is 17.6 Å². The maximum absolute atomic E-state index is 13.8. The predicted molar refractivity (Wildman–Crippen MR) is 130 cm³/mol. The van der Waals surface area contributed by atoms with Crippen molar-refractivity contribution in [2.24, 2.45) is 4.99 Å². The van der Waals surface area contributed by atoms with Crippen LogP contribution in [0.5, 0.6) is 5.88 Å². The van der Waals surface area contributed by atoms with Gasteiger partial charge in [0.15, 0.2) is 5.90 Å². The third-order valence-electron chi connectivity index (χ3n) is 5.58. The van der Waals surface area contributed by atoms with E-state index >= 15 is 0 Å². The molecule has 1 heterocycles. The van der Waals surface area contributed by atoms with Gasteiger partial charge in [-0.25, -0.2) is 13.8 Å². The fraction of sp³-hybridized carbons (Fsp3) is 0.423. The summed E-state index contributed by atoms with van der Waals surface area (Å²) < 4.78 is 39.0. The maximum Gasteiger partial charge on any atom is 0.274 e. The number of carbonyl (C=O) groups excluding carboxylic acids is 1. The summed E-state index contributed by atoms with van der Waals surface area (Å²) in [5.41, 5.74) is 1.79. The smallest absolute Gasteiger partial charge is 0.274 e. The van der Waals surface area contributed by atoms with Crippen molar-refractivity contribution in [3.63, 3.8) is 0 Å². The van der Waals surface area contributed by atoms with Crippen molar-refractivity contribution in [3.8, 4) is 5.88 Å². The molecule has 0 spiro atoms. The molecule has 1 amide bonds. The summed E-state index contributed by atoms with van der Waals surface area (Å²) in [4.78, 5) is 23.1. The second-order valence-electron chi connectivity index (χ2n) is 7.96. The molecule has 0 aliphatic carbocycles. The lowest BCUT2D eigenvalue weighted by Gasteiger charge is -2.29. The van der Waals surface area contributed by atoms with E-state index in [0.29, 0.717) is 29.3 Å². The van der Waals surface area contributed by atoms with Crippen LogP contribution in [0.3, 0.4) is 0 Å². The molecule has 0 saturated carbocycles. The number of hydrogen-bond donors (Lipinski definition) is 0. The Kier molecular flexibility index (Phi) is 9.29. The highest BCUT2D eigenvalue weighted by Crippen LogP contribution is 2.31. The zero-order valence-electron chi connectivity index (χ0n) is 20.7. The summed E-state index contributed by atoms with van der Waals surface area (Å²) in [7, 11) is 1.62. The van der Waals surface area contributed by atoms with E-state index in [9.17, 15) is 13.6 Å². The van der Waals surface area contributed by atoms with Crippen LogP contribution >= 0.6 is 0 Å². The van der Waals surface area contributed by atoms with Crippen molar-refractivity contribution in [1.29, 1.82) is 0 Å². The highest BCUT2D eigenvalue weighted by atomic mass is 19.3. The van der Waals surface area contributed by atoms with Gasteiger partial charge in [0.2, 0.25) is 5.88 Å². The fourth-order valence-corrected chi connectivity index (χ4v) is 3.48. The number of aromatic nitrogens is 1. The molecular weight excluding hydrogens is 440 g/mol. The number of hydrogen-bond acceptors (Lipinski definition) is 5. The van der Waals surface area contributed by atoms with Crippen molar-refractivity contribution in [2.45, 2.75) is 53.0 Å². The van der Waals surface area contributed by atoms with Crippen LogP contribution in [0, 0.1) is 6.92 Å². The van der Waals surface area contributed by atoms with Gasteiger partial charge in [-0.1, -0.05) is 25.6 Å². The number of likely N-dealkylation sites (N-methyl/N-ethyl adjacent to an activating group) is 1. The predicted octanol–water partition coefficient (Wildman–Crippen LogP) is 5.86. The minimum atomic E-state index is -2.93. The van der Waals surface area contributed by atoms with E-state index in [0.717, 1.165) is 11.8 Å². The minimum Gasteiger partial charge on any atom is -0.475 e. The van der Waals surface area contributed by atoms with Gasteiger partial charge in [0, 0.05) is 50.3 Å². The molecular formula is C26H33F2N3O3. The van der Waals surface area contributed by atoms with E-state index in [1.807, 2.05) is 32.9 Å². The number of pyridine rings is 1. The van der Waals surface area contributed by atoms with Crippen LogP contribution in [0.4, 0.5) is 8.78 Å². The molecule has 2 rings (SSSR count). The Morgan fingerprint density at radius 3 is 2.53 bits per heavy atom. The Morgan fingerprint density at radius 2 is 1.97 bits per heavy atom. The number of alkyl halides is 2. The SMILES string of the molecule is C=C(OC(C)=NC)c1c(C)cccc1C(=O)N(CC)[C@@H](C)COc1ccc(C(F)(F)CC)cn1. The van der Waals surface area contributed by atoms with Gasteiger partial charge in [0.25, 0.3) is 11.8 Å². The number of amides is 1. The Hall–Kier alpha value is -3.29. The molecule has 6 nitrogen and oxygen atoms in total. The summed E-state index contributed by atoms with van der Waals surface area (Å²) in [6.45, 7) is 13.3. The molecule has 8 heteroatoms. The Bertz CT molecular complexity index is 1040. The number of aryl methyl sites for hydroxylation is 1. The van der Waals surface area contributed by atoms with Crippen molar-refractivity contribution in [1.82, 2.24) is 9.88 Å². The van der Waals surface area contributed by atoms with Crippen molar-refractivity contribution in [3.05, 3.63) is 65.4 Å². The first-order chi connectivity index (χ1) is 16.0. The highest BCUT2D eigenvalue weighted by Gasteiger charge is 2.29. The lowest BCUT2D eigenvalue weighted by molar-refractivity contribution is -0.00872. The maximum atomic E-state index is 13.8. The fourth-order valence-electron chi connectivity index (χ4n) is 3.48. The van der Waals surface area contributed by atoms with E-state index < -0.39 is 5.92 Å². The van der Waals surface area contributed by atoms with E-state index in [1.54, 1.807) is 24.9 Å². The van der Waals surface area contributed by atoms with Crippen molar-refractivity contribution in [2.75, 3.05) is 20.2 Å². The quantitative estimate of drug-likeness (QED) is 0.246. The van der Waals surface area contributed by atoms with Gasteiger partial charge in [0.1, 0.15) is 12.4 Å². The van der Waals surface area contributed by atoms with Crippen LogP contribution in [-0.4, -0.2) is 47.9 Å². The summed E-state index contributed by atoms with van der Waals surface area (Å²) in [5.74, 6) is -2.11. The molecule has 0 radical (unpaired) electrons. The van der Waals surface area contributed by atoms with Gasteiger partial charge in [-0.3, -0.25) is 9.79 Å². The van der Waals surface area contributed by atoms with Crippen LogP contribution in [0.1, 0.15) is 61.2 Å². The lowest BCUT2D eigenvalue weighted by Crippen LogP contribution is -2.42. The highest BCUT2D eigenvalue weighted by molar-refractivity contribution is 6.00. The molecule has 2 aromatic rings. The molecule has 0 aliphatic rings. The first kappa shape index (κ1) is 27.0. The number of halogens is 2. The largest absolute Gasteiger partial charge is 0.475 e. The Balaban J connectivity index is 2.18. The molecule has 0 fully saturated rings. The standard InChI is InChI=1S/C26H33F2N3O3/c1-8-26(27,28)21-13-14-23(30-15-21)33-16-18(4)31(9-2)25(32)22-12-10-11-17(3)24(22)19(5)34-20(6)29-7/h10-15,18H,5,8-9,16H2,1-4,6-7H3/t18-/m0/s1. The van der Waals surface area contributed by atoms with E-state index in [-0.39, 0.29) is 36.4 Å². The van der Waals surface area contributed by atoms with Crippen LogP contribution < -0.4 is 4.74 Å². The number of aliphatic imine (C=N–C) groups is 1. The van der Waals surface area contributed by atoms with E-state index in [4.69, 9.17) is 9.47 Å². The molecule has 0 unspecified atom stereocenters. The van der Waals surface area contributed by atoms with Crippen LogP contribution in [-0.2, 0) is 10.7 Å². The monoisotopic (exact) mass is 473 g/mol. The number of carbonyl (C=O) groups is 1. The van der Waals surface area contributed by atoms with Crippen LogP contribution in [0.25, 0.3) is 5.76 Å². The second kappa shape index (κ2) is 11.7. The van der Waals surface area contributed by atoms with Gasteiger partial charge in [-0.05, 0) is 38.5 Å². The summed E-state index contributed by atoms with van der Waals surface area (Å²) in [6, 6.07) is 7.86. The molecule has 0 bridgehead atoms. The molecule has 184 valence electrons. The van der Waals surface area contributed by atoms with E-state index in [2.05, 4.69) is 16.6 Å². The normalized spacial score (nSPS) is 12.8. The Labute approximate surface area is 200 Å². The van der Waals surface area contributed by atoms with Crippen LogP contribution in [0.2, 0.25) is 0 Å². The molecule has 0 aliphatic heterocycles. The number of ether oxygens (including phenoxy) is 2. The van der Waals surface area contributed by atoms with Crippen LogP contribution in [0.15, 0.2) is 48.1 Å². The average molecular weight is 474 g/mol. The third kappa shape index (κ3) is 6.40. The molecule has 0 N–H and O–H groups in total. The zero-order valence-corrected chi connectivity index (χ0v) is 20.7. The zero-order chi connectivity index (χ0) is 25.5. The second-order valence-corrected chi connectivity index (χ2v) is 7.96. The average Bonchev–Trinajstić information content (AvgIpc) is 2.82. The first-order valence-electron chi connectivity index (χ1n) is 11.2. The lowest BCUT2D eigenvalue weighted by atomic mass is 9.99. The van der Waals surface area contributed by atoms with Crippen molar-refractivity contribution < 1.29 is 23.0 Å². The topological polar surface area (TPSA) is 64.0 Å². The Morgan fingerprint density at radius 1 is 1.26 bits per heavy atom. The number of benzene rings is 1. The molecule has 1 atom stereocenters. The van der Waals surface area contributed by atoms with Gasteiger partial charge in [0.05, 0.1) is 11.6 Å². The van der Waals surface area contributed by atoms with Gasteiger partial charge in [-0.2, -0.15) is 0 Å². The molecule has 1 aromatic carbocycles. The summed E-state index contributed by atoms with van der Waals surface area (Å²) >= 11 is 0. The molecule has 0 saturated heterocycles.